The number of benzene rings is 1. The van der Waals surface area contributed by atoms with Crippen LogP contribution >= 0.6 is 0 Å². The van der Waals surface area contributed by atoms with E-state index in [0.717, 1.165) is 17.6 Å². The van der Waals surface area contributed by atoms with Crippen LogP contribution in [0.5, 0.6) is 0 Å². The first kappa shape index (κ1) is 12.5. The molecular weight excluding hydrogens is 213 g/mol. The van der Waals surface area contributed by atoms with Crippen LogP contribution in [0.25, 0.3) is 0 Å². The van der Waals surface area contributed by atoms with Gasteiger partial charge in [-0.2, -0.15) is 0 Å². The highest BCUT2D eigenvalue weighted by Gasteiger charge is 2.53. The average Bonchev–Trinajstić information content (AvgIpc) is 2.51. The fourth-order valence-corrected chi connectivity index (χ4v) is 2.15. The predicted molar refractivity (Wildman–Crippen MR) is 71.2 cm³/mol. The Labute approximate surface area is 103 Å². The maximum atomic E-state index is 6.08. The van der Waals surface area contributed by atoms with Gasteiger partial charge in [0.1, 0.15) is 0 Å². The smallest absolute Gasteiger partial charge is 0.399 e. The molecule has 1 unspecified atom stereocenters. The largest absolute Gasteiger partial charge is 0.494 e. The quantitative estimate of drug-likeness (QED) is 0.627. The molecular formula is C13H20BNO2. The number of hydrogen-bond donors (Lipinski definition) is 1. The number of nitrogen functional groups attached to an aromatic ring is 1. The summed E-state index contributed by atoms with van der Waals surface area (Å²) >= 11 is 0. The molecule has 1 aliphatic heterocycles. The minimum absolute atomic E-state index is 0.262. The zero-order valence-corrected chi connectivity index (χ0v) is 11.0. The fourth-order valence-electron chi connectivity index (χ4n) is 2.15. The lowest BCUT2D eigenvalue weighted by molar-refractivity contribution is -0.0118. The van der Waals surface area contributed by atoms with E-state index >= 15 is 0 Å². The Morgan fingerprint density at radius 2 is 1.94 bits per heavy atom. The minimum atomic E-state index is -0.321. The first-order valence-electron chi connectivity index (χ1n) is 6.09. The van der Waals surface area contributed by atoms with Gasteiger partial charge in [0.25, 0.3) is 0 Å². The van der Waals surface area contributed by atoms with E-state index in [-0.39, 0.29) is 18.3 Å². The zero-order chi connectivity index (χ0) is 12.7. The van der Waals surface area contributed by atoms with Crippen molar-refractivity contribution in [3.8, 4) is 0 Å². The third-order valence-electron chi connectivity index (χ3n) is 3.90. The van der Waals surface area contributed by atoms with E-state index < -0.39 is 0 Å². The summed E-state index contributed by atoms with van der Waals surface area (Å²) in [6, 6.07) is 7.68. The molecule has 1 saturated heterocycles. The van der Waals surface area contributed by atoms with Gasteiger partial charge in [0.2, 0.25) is 0 Å². The van der Waals surface area contributed by atoms with Crippen molar-refractivity contribution in [1.29, 1.82) is 0 Å². The third kappa shape index (κ3) is 2.07. The fraction of sp³-hybridized carbons (Fsp3) is 0.538. The van der Waals surface area contributed by atoms with Gasteiger partial charge in [-0.25, -0.2) is 0 Å². The average molecular weight is 233 g/mol. The second-order valence-corrected chi connectivity index (χ2v) is 5.33. The van der Waals surface area contributed by atoms with Crippen LogP contribution in [0.1, 0.15) is 34.1 Å². The molecule has 92 valence electrons. The summed E-state index contributed by atoms with van der Waals surface area (Å²) in [5.74, 6) is 0. The summed E-state index contributed by atoms with van der Waals surface area (Å²) in [5.41, 5.74) is 6.94. The van der Waals surface area contributed by atoms with E-state index in [0.29, 0.717) is 0 Å². The van der Waals surface area contributed by atoms with Crippen LogP contribution in [0, 0.1) is 0 Å². The van der Waals surface area contributed by atoms with Crippen LogP contribution in [0.3, 0.4) is 0 Å². The number of hydrogen-bond acceptors (Lipinski definition) is 3. The minimum Gasteiger partial charge on any atom is -0.399 e. The topological polar surface area (TPSA) is 44.5 Å². The van der Waals surface area contributed by atoms with E-state index in [2.05, 4.69) is 27.7 Å². The van der Waals surface area contributed by atoms with Gasteiger partial charge in [-0.15, -0.1) is 0 Å². The van der Waals surface area contributed by atoms with Crippen LogP contribution in [0.15, 0.2) is 24.3 Å². The van der Waals surface area contributed by atoms with Crippen LogP contribution in [-0.2, 0) is 9.31 Å². The van der Waals surface area contributed by atoms with Crippen LogP contribution < -0.4 is 11.2 Å². The van der Waals surface area contributed by atoms with Gasteiger partial charge in [0.05, 0.1) is 11.2 Å². The molecule has 0 aromatic heterocycles. The Hall–Kier alpha value is -0.995. The van der Waals surface area contributed by atoms with Gasteiger partial charge >= 0.3 is 7.12 Å². The van der Waals surface area contributed by atoms with Gasteiger partial charge in [-0.1, -0.05) is 19.1 Å². The van der Waals surface area contributed by atoms with Crippen molar-refractivity contribution in [1.82, 2.24) is 0 Å². The molecule has 4 heteroatoms. The second kappa shape index (κ2) is 4.04. The van der Waals surface area contributed by atoms with Crippen molar-refractivity contribution in [3.05, 3.63) is 24.3 Å². The maximum Gasteiger partial charge on any atom is 0.494 e. The van der Waals surface area contributed by atoms with Crippen molar-refractivity contribution in [2.45, 2.75) is 45.3 Å². The molecule has 1 aliphatic rings. The first-order chi connectivity index (χ1) is 7.88. The van der Waals surface area contributed by atoms with Gasteiger partial charge in [0, 0.05) is 5.69 Å². The summed E-state index contributed by atoms with van der Waals surface area (Å²) < 4.78 is 12.1. The van der Waals surface area contributed by atoms with Crippen molar-refractivity contribution in [2.75, 3.05) is 5.73 Å². The second-order valence-electron chi connectivity index (χ2n) is 5.33. The molecule has 2 rings (SSSR count). The molecule has 0 saturated carbocycles. The normalized spacial score (nSPS) is 27.4. The number of anilines is 1. The molecule has 0 bridgehead atoms. The Bertz CT molecular complexity index is 422. The molecule has 1 atom stereocenters. The van der Waals surface area contributed by atoms with Gasteiger partial charge in [-0.3, -0.25) is 0 Å². The Balaban J connectivity index is 2.28. The molecule has 2 N–H and O–H groups in total. The molecule has 0 amide bonds. The lowest BCUT2D eigenvalue weighted by Crippen LogP contribution is -2.44. The van der Waals surface area contributed by atoms with Crippen molar-refractivity contribution >= 4 is 18.3 Å². The van der Waals surface area contributed by atoms with E-state index in [1.54, 1.807) is 0 Å². The third-order valence-corrected chi connectivity index (χ3v) is 3.90. The lowest BCUT2D eigenvalue weighted by atomic mass is 9.79. The van der Waals surface area contributed by atoms with Crippen molar-refractivity contribution in [2.24, 2.45) is 0 Å². The summed E-state index contributed by atoms with van der Waals surface area (Å²) in [6.07, 6.45) is 0.915. The monoisotopic (exact) mass is 233 g/mol. The van der Waals surface area contributed by atoms with Crippen molar-refractivity contribution < 1.29 is 9.31 Å². The molecule has 0 radical (unpaired) electrons. The van der Waals surface area contributed by atoms with Gasteiger partial charge in [0.15, 0.2) is 0 Å². The summed E-state index contributed by atoms with van der Waals surface area (Å²) in [7, 11) is -0.321. The Kier molecular flexibility index (Phi) is 2.96. The van der Waals surface area contributed by atoms with Gasteiger partial charge < -0.3 is 15.0 Å². The van der Waals surface area contributed by atoms with Crippen LogP contribution in [0.2, 0.25) is 0 Å². The van der Waals surface area contributed by atoms with E-state index in [4.69, 9.17) is 15.0 Å². The van der Waals surface area contributed by atoms with Gasteiger partial charge in [-0.05, 0) is 44.8 Å². The molecule has 1 heterocycles. The van der Waals surface area contributed by atoms with E-state index in [1.807, 2.05) is 24.3 Å². The SMILES string of the molecule is CCC1(C)OB(c2cccc(N)c2)OC1(C)C. The summed E-state index contributed by atoms with van der Waals surface area (Å²) in [5, 5.41) is 0. The molecule has 3 nitrogen and oxygen atoms in total. The first-order valence-corrected chi connectivity index (χ1v) is 6.09. The number of rotatable bonds is 2. The molecule has 1 aromatic carbocycles. The standard InChI is InChI=1S/C13H20BNO2/c1-5-13(4)12(2,3)16-14(17-13)10-7-6-8-11(15)9-10/h6-9H,5,15H2,1-4H3. The molecule has 1 aromatic rings. The maximum absolute atomic E-state index is 6.08. The van der Waals surface area contributed by atoms with Crippen LogP contribution in [-0.4, -0.2) is 18.3 Å². The van der Waals surface area contributed by atoms with Crippen LogP contribution in [0.4, 0.5) is 5.69 Å². The van der Waals surface area contributed by atoms with Crippen molar-refractivity contribution in [3.63, 3.8) is 0 Å². The summed E-state index contributed by atoms with van der Waals surface area (Å²) in [6.45, 7) is 8.36. The highest BCUT2D eigenvalue weighted by molar-refractivity contribution is 6.62. The lowest BCUT2D eigenvalue weighted by Gasteiger charge is -2.35. The molecule has 0 aliphatic carbocycles. The Morgan fingerprint density at radius 3 is 2.47 bits per heavy atom. The van der Waals surface area contributed by atoms with E-state index in [9.17, 15) is 0 Å². The highest BCUT2D eigenvalue weighted by Crippen LogP contribution is 2.39. The number of nitrogens with two attached hydrogens (primary N) is 1. The zero-order valence-electron chi connectivity index (χ0n) is 11.0. The van der Waals surface area contributed by atoms with E-state index in [1.165, 1.54) is 0 Å². The molecule has 17 heavy (non-hydrogen) atoms. The molecule has 0 spiro atoms. The highest BCUT2D eigenvalue weighted by atomic mass is 16.7. The Morgan fingerprint density at radius 1 is 1.24 bits per heavy atom. The summed E-state index contributed by atoms with van der Waals surface area (Å²) in [4.78, 5) is 0. The molecule has 1 fully saturated rings. The predicted octanol–water partition coefficient (Wildman–Crippen LogP) is 1.96.